The molecule has 0 aromatic rings. The third-order valence-corrected chi connectivity index (χ3v) is 2.65. The molecule has 0 N–H and O–H groups in total. The number of unbranched alkanes of at least 4 members (excludes halogenated alkanes) is 4. The fourth-order valence-corrected chi connectivity index (χ4v) is 1.64. The van der Waals surface area contributed by atoms with Crippen LogP contribution in [0.4, 0.5) is 4.39 Å². The third kappa shape index (κ3) is 11.8. The highest BCUT2D eigenvalue weighted by molar-refractivity contribution is 7.85. The summed E-state index contributed by atoms with van der Waals surface area (Å²) in [5, 5.41) is 0. The second-order valence-corrected chi connectivity index (χ2v) is 5.43. The summed E-state index contributed by atoms with van der Waals surface area (Å²) in [6, 6.07) is 0. The Morgan fingerprint density at radius 3 is 2.33 bits per heavy atom. The first-order chi connectivity index (χ1) is 6.95. The van der Waals surface area contributed by atoms with Crippen LogP contribution in [0, 0.1) is 0 Å². The molecule has 0 aromatic carbocycles. The Hall–Kier alpha value is -0.160. The average molecular weight is 240 g/mol. The molecule has 0 spiro atoms. The molecule has 0 amide bonds. The van der Waals surface area contributed by atoms with Crippen LogP contribution in [-0.2, 0) is 14.3 Å². The van der Waals surface area contributed by atoms with Crippen molar-refractivity contribution in [2.24, 2.45) is 0 Å². The highest BCUT2D eigenvalue weighted by Crippen LogP contribution is 2.10. The summed E-state index contributed by atoms with van der Waals surface area (Å²) in [5.41, 5.74) is 0. The first-order valence-electron chi connectivity index (χ1n) is 5.44. The fourth-order valence-electron chi connectivity index (χ4n) is 1.25. The predicted octanol–water partition coefficient (Wildman–Crippen LogP) is 2.66. The average Bonchev–Trinajstić information content (AvgIpc) is 2.13. The van der Waals surface area contributed by atoms with Crippen molar-refractivity contribution in [2.75, 3.05) is 12.9 Å². The maximum absolute atomic E-state index is 13.1. The van der Waals surface area contributed by atoms with Crippen molar-refractivity contribution in [1.82, 2.24) is 0 Å². The van der Waals surface area contributed by atoms with Gasteiger partial charge in [0.2, 0.25) is 0 Å². The van der Waals surface area contributed by atoms with Gasteiger partial charge in [-0.15, -0.1) is 0 Å². The minimum Gasteiger partial charge on any atom is -0.267 e. The van der Waals surface area contributed by atoms with E-state index < -0.39 is 16.3 Å². The maximum atomic E-state index is 13.1. The summed E-state index contributed by atoms with van der Waals surface area (Å²) in [6.45, 7) is 1.78. The Labute approximate surface area is 92.1 Å². The van der Waals surface area contributed by atoms with Crippen LogP contribution in [0.1, 0.15) is 45.4 Å². The van der Waals surface area contributed by atoms with Gasteiger partial charge in [-0.2, -0.15) is 8.42 Å². The molecular formula is C10H21FO3S. The summed E-state index contributed by atoms with van der Waals surface area (Å²) in [4.78, 5) is 0. The number of rotatable bonds is 9. The van der Waals surface area contributed by atoms with E-state index in [2.05, 4.69) is 11.1 Å². The molecular weight excluding hydrogens is 219 g/mol. The van der Waals surface area contributed by atoms with Gasteiger partial charge in [0.25, 0.3) is 10.1 Å². The summed E-state index contributed by atoms with van der Waals surface area (Å²) >= 11 is 0. The SMILES string of the molecule is CCCCCCCC(F)COS(C)(=O)=O. The normalized spacial score (nSPS) is 14.1. The summed E-state index contributed by atoms with van der Waals surface area (Å²) in [6.07, 6.45) is 5.42. The number of alkyl halides is 1. The molecule has 92 valence electrons. The topological polar surface area (TPSA) is 43.4 Å². The van der Waals surface area contributed by atoms with Crippen molar-refractivity contribution in [1.29, 1.82) is 0 Å². The molecule has 0 aliphatic carbocycles. The predicted molar refractivity (Wildman–Crippen MR) is 59.1 cm³/mol. The second kappa shape index (κ2) is 8.05. The van der Waals surface area contributed by atoms with E-state index in [0.29, 0.717) is 6.42 Å². The van der Waals surface area contributed by atoms with E-state index in [1.807, 2.05) is 0 Å². The Kier molecular flexibility index (Phi) is 7.96. The molecule has 15 heavy (non-hydrogen) atoms. The van der Waals surface area contributed by atoms with Crippen molar-refractivity contribution in [3.05, 3.63) is 0 Å². The summed E-state index contributed by atoms with van der Waals surface area (Å²) in [7, 11) is -3.50. The third-order valence-electron chi connectivity index (χ3n) is 2.08. The standard InChI is InChI=1S/C10H21FO3S/c1-3-4-5-6-7-8-10(11)9-14-15(2,12)13/h10H,3-9H2,1-2H3. The van der Waals surface area contributed by atoms with Gasteiger partial charge in [-0.1, -0.05) is 39.0 Å². The van der Waals surface area contributed by atoms with Crippen molar-refractivity contribution in [3.63, 3.8) is 0 Å². The summed E-state index contributed by atoms with van der Waals surface area (Å²) < 4.78 is 38.5. The highest BCUT2D eigenvalue weighted by atomic mass is 32.2. The molecule has 0 saturated carbocycles. The maximum Gasteiger partial charge on any atom is 0.264 e. The van der Waals surface area contributed by atoms with E-state index in [9.17, 15) is 12.8 Å². The molecule has 1 unspecified atom stereocenters. The Morgan fingerprint density at radius 2 is 1.80 bits per heavy atom. The molecule has 0 heterocycles. The molecule has 1 atom stereocenters. The van der Waals surface area contributed by atoms with Gasteiger partial charge in [0.15, 0.2) is 0 Å². The first-order valence-corrected chi connectivity index (χ1v) is 7.26. The van der Waals surface area contributed by atoms with Gasteiger partial charge < -0.3 is 0 Å². The van der Waals surface area contributed by atoms with E-state index in [0.717, 1.165) is 31.9 Å². The van der Waals surface area contributed by atoms with Gasteiger partial charge in [0.05, 0.1) is 12.9 Å². The van der Waals surface area contributed by atoms with Gasteiger partial charge >= 0.3 is 0 Å². The van der Waals surface area contributed by atoms with Gasteiger partial charge in [0.1, 0.15) is 6.17 Å². The van der Waals surface area contributed by atoms with E-state index in [4.69, 9.17) is 0 Å². The Balaban J connectivity index is 3.37. The van der Waals surface area contributed by atoms with Crippen LogP contribution in [0.2, 0.25) is 0 Å². The van der Waals surface area contributed by atoms with Crippen LogP contribution in [0.5, 0.6) is 0 Å². The van der Waals surface area contributed by atoms with Crippen LogP contribution in [0.3, 0.4) is 0 Å². The number of hydrogen-bond donors (Lipinski definition) is 0. The lowest BCUT2D eigenvalue weighted by molar-refractivity contribution is 0.189. The van der Waals surface area contributed by atoms with Crippen molar-refractivity contribution < 1.29 is 17.0 Å². The zero-order valence-electron chi connectivity index (χ0n) is 9.54. The molecule has 0 saturated heterocycles. The summed E-state index contributed by atoms with van der Waals surface area (Å²) in [5.74, 6) is 0. The van der Waals surface area contributed by atoms with Gasteiger partial charge in [-0.05, 0) is 6.42 Å². The van der Waals surface area contributed by atoms with Crippen LogP contribution >= 0.6 is 0 Å². The van der Waals surface area contributed by atoms with Crippen LogP contribution in [0.25, 0.3) is 0 Å². The molecule has 0 rings (SSSR count). The van der Waals surface area contributed by atoms with E-state index in [1.54, 1.807) is 0 Å². The Bertz CT molecular complexity index is 239. The molecule has 0 aromatic heterocycles. The molecule has 0 aliphatic heterocycles. The largest absolute Gasteiger partial charge is 0.267 e. The molecule has 3 nitrogen and oxygen atoms in total. The zero-order valence-corrected chi connectivity index (χ0v) is 10.4. The van der Waals surface area contributed by atoms with Gasteiger partial charge in [-0.25, -0.2) is 4.39 Å². The minimum atomic E-state index is -3.50. The molecule has 0 fully saturated rings. The molecule has 5 heteroatoms. The van der Waals surface area contributed by atoms with E-state index >= 15 is 0 Å². The number of hydrogen-bond acceptors (Lipinski definition) is 3. The smallest absolute Gasteiger partial charge is 0.264 e. The number of halogens is 1. The fraction of sp³-hybridized carbons (Fsp3) is 1.00. The lowest BCUT2D eigenvalue weighted by atomic mass is 10.1. The van der Waals surface area contributed by atoms with Gasteiger partial charge in [-0.3, -0.25) is 4.18 Å². The second-order valence-electron chi connectivity index (χ2n) is 3.79. The van der Waals surface area contributed by atoms with Crippen molar-refractivity contribution >= 4 is 10.1 Å². The first kappa shape index (κ1) is 14.8. The molecule has 0 bridgehead atoms. The Morgan fingerprint density at radius 1 is 1.20 bits per heavy atom. The van der Waals surface area contributed by atoms with E-state index in [-0.39, 0.29) is 6.61 Å². The lowest BCUT2D eigenvalue weighted by Crippen LogP contribution is -2.14. The monoisotopic (exact) mass is 240 g/mol. The van der Waals surface area contributed by atoms with E-state index in [1.165, 1.54) is 6.42 Å². The van der Waals surface area contributed by atoms with Crippen molar-refractivity contribution in [2.45, 2.75) is 51.6 Å². The zero-order chi connectivity index (χ0) is 11.7. The molecule has 0 radical (unpaired) electrons. The van der Waals surface area contributed by atoms with Crippen LogP contribution < -0.4 is 0 Å². The van der Waals surface area contributed by atoms with Crippen LogP contribution in [0.15, 0.2) is 0 Å². The van der Waals surface area contributed by atoms with Crippen molar-refractivity contribution in [3.8, 4) is 0 Å². The quantitative estimate of drug-likeness (QED) is 0.459. The van der Waals surface area contributed by atoms with Crippen LogP contribution in [-0.4, -0.2) is 27.5 Å². The minimum absolute atomic E-state index is 0.341. The lowest BCUT2D eigenvalue weighted by Gasteiger charge is -2.07. The molecule has 0 aliphatic rings. The highest BCUT2D eigenvalue weighted by Gasteiger charge is 2.10. The van der Waals surface area contributed by atoms with Gasteiger partial charge in [0, 0.05) is 0 Å².